The van der Waals surface area contributed by atoms with E-state index in [1.807, 2.05) is 0 Å². The van der Waals surface area contributed by atoms with Crippen molar-refractivity contribution in [3.05, 3.63) is 62.6 Å². The Balaban J connectivity index is 2.23. The van der Waals surface area contributed by atoms with E-state index in [9.17, 15) is 14.9 Å². The lowest BCUT2D eigenvalue weighted by molar-refractivity contribution is -0.385. The Kier molecular flexibility index (Phi) is 5.33. The van der Waals surface area contributed by atoms with Gasteiger partial charge in [-0.2, -0.15) is 0 Å². The van der Waals surface area contributed by atoms with Crippen LogP contribution in [-0.2, 0) is 0 Å². The number of carbonyl (C=O) groups excluding carboxylic acids is 1. The number of hydrogen-bond donors (Lipinski definition) is 0. The van der Waals surface area contributed by atoms with E-state index in [1.165, 1.54) is 25.3 Å². The SMILES string of the molecule is COc1ccc([N+](=O)[O-])cc1O[C@@H](C)C(=O)c1ccc(Br)cc1. The van der Waals surface area contributed by atoms with Crippen LogP contribution in [0.5, 0.6) is 11.5 Å². The van der Waals surface area contributed by atoms with Gasteiger partial charge in [-0.3, -0.25) is 14.9 Å². The molecule has 0 heterocycles. The van der Waals surface area contributed by atoms with Gasteiger partial charge in [0, 0.05) is 16.1 Å². The zero-order valence-electron chi connectivity index (χ0n) is 12.5. The van der Waals surface area contributed by atoms with E-state index < -0.39 is 11.0 Å². The van der Waals surface area contributed by atoms with Gasteiger partial charge in [0.2, 0.25) is 5.78 Å². The molecule has 0 aliphatic rings. The molecule has 0 aliphatic carbocycles. The lowest BCUT2D eigenvalue weighted by atomic mass is 10.1. The summed E-state index contributed by atoms with van der Waals surface area (Å²) in [7, 11) is 1.43. The summed E-state index contributed by atoms with van der Waals surface area (Å²) in [5.41, 5.74) is 0.356. The molecule has 0 unspecified atom stereocenters. The second-order valence-electron chi connectivity index (χ2n) is 4.72. The van der Waals surface area contributed by atoms with E-state index in [-0.39, 0.29) is 17.2 Å². The molecular formula is C16H14BrNO5. The van der Waals surface area contributed by atoms with Crippen LogP contribution in [-0.4, -0.2) is 23.9 Å². The van der Waals surface area contributed by atoms with Crippen LogP contribution in [0, 0.1) is 10.1 Å². The van der Waals surface area contributed by atoms with Crippen LogP contribution < -0.4 is 9.47 Å². The van der Waals surface area contributed by atoms with Crippen LogP contribution in [0.3, 0.4) is 0 Å². The Hall–Kier alpha value is -2.41. The predicted octanol–water partition coefficient (Wildman–Crippen LogP) is 4.02. The Bertz CT molecular complexity index is 730. The van der Waals surface area contributed by atoms with Crippen LogP contribution in [0.25, 0.3) is 0 Å². The molecule has 0 aromatic heterocycles. The second-order valence-corrected chi connectivity index (χ2v) is 5.64. The van der Waals surface area contributed by atoms with Crippen molar-refractivity contribution >= 4 is 27.4 Å². The molecule has 0 radical (unpaired) electrons. The molecule has 0 amide bonds. The summed E-state index contributed by atoms with van der Waals surface area (Å²) in [6.07, 6.45) is -0.813. The van der Waals surface area contributed by atoms with Crippen LogP contribution in [0.2, 0.25) is 0 Å². The quantitative estimate of drug-likeness (QED) is 0.430. The van der Waals surface area contributed by atoms with Crippen molar-refractivity contribution in [1.29, 1.82) is 0 Å². The van der Waals surface area contributed by atoms with Gasteiger partial charge in [0.1, 0.15) is 0 Å². The predicted molar refractivity (Wildman–Crippen MR) is 88.2 cm³/mol. The Morgan fingerprint density at radius 2 is 1.83 bits per heavy atom. The molecular weight excluding hydrogens is 366 g/mol. The summed E-state index contributed by atoms with van der Waals surface area (Å²) < 4.78 is 11.6. The zero-order valence-corrected chi connectivity index (χ0v) is 14.1. The fraction of sp³-hybridized carbons (Fsp3) is 0.188. The fourth-order valence-electron chi connectivity index (χ4n) is 1.96. The number of nitrogens with zero attached hydrogens (tertiary/aromatic N) is 1. The molecule has 7 heteroatoms. The highest BCUT2D eigenvalue weighted by atomic mass is 79.9. The summed E-state index contributed by atoms with van der Waals surface area (Å²) in [4.78, 5) is 22.7. The summed E-state index contributed by atoms with van der Waals surface area (Å²) in [5, 5.41) is 10.9. The highest BCUT2D eigenvalue weighted by Gasteiger charge is 2.20. The minimum absolute atomic E-state index is 0.135. The maximum absolute atomic E-state index is 12.4. The molecule has 6 nitrogen and oxygen atoms in total. The maximum Gasteiger partial charge on any atom is 0.273 e. The standard InChI is InChI=1S/C16H14BrNO5/c1-10(16(19)11-3-5-12(17)6-4-11)23-15-9-13(18(20)21)7-8-14(15)22-2/h3-10H,1-2H3/t10-/m0/s1. The number of carbonyl (C=O) groups is 1. The number of non-ortho nitro benzene ring substituents is 1. The lowest BCUT2D eigenvalue weighted by Gasteiger charge is -2.16. The number of halogens is 1. The van der Waals surface area contributed by atoms with Gasteiger partial charge in [0.05, 0.1) is 18.1 Å². The van der Waals surface area contributed by atoms with Crippen molar-refractivity contribution in [1.82, 2.24) is 0 Å². The lowest BCUT2D eigenvalue weighted by Crippen LogP contribution is -2.24. The van der Waals surface area contributed by atoms with Crippen LogP contribution in [0.4, 0.5) is 5.69 Å². The molecule has 23 heavy (non-hydrogen) atoms. The van der Waals surface area contributed by atoms with Crippen LogP contribution >= 0.6 is 15.9 Å². The smallest absolute Gasteiger partial charge is 0.273 e. The Labute approximate surface area is 141 Å². The van der Waals surface area contributed by atoms with Gasteiger partial charge in [-0.05, 0) is 25.1 Å². The van der Waals surface area contributed by atoms with Crippen LogP contribution in [0.15, 0.2) is 46.9 Å². The van der Waals surface area contributed by atoms with Crippen molar-refractivity contribution in [2.75, 3.05) is 7.11 Å². The number of ether oxygens (including phenoxy) is 2. The third kappa shape index (κ3) is 4.07. The van der Waals surface area contributed by atoms with E-state index in [4.69, 9.17) is 9.47 Å². The summed E-state index contributed by atoms with van der Waals surface area (Å²) in [5.74, 6) is 0.247. The second kappa shape index (κ2) is 7.23. The van der Waals surface area contributed by atoms with Crippen molar-refractivity contribution in [2.45, 2.75) is 13.0 Å². The van der Waals surface area contributed by atoms with Crippen molar-refractivity contribution in [3.8, 4) is 11.5 Å². The Morgan fingerprint density at radius 3 is 2.39 bits per heavy atom. The van der Waals surface area contributed by atoms with E-state index in [2.05, 4.69) is 15.9 Å². The van der Waals surface area contributed by atoms with Crippen molar-refractivity contribution < 1.29 is 19.2 Å². The molecule has 2 aromatic rings. The first-order valence-electron chi connectivity index (χ1n) is 6.71. The van der Waals surface area contributed by atoms with Gasteiger partial charge in [-0.25, -0.2) is 0 Å². The van der Waals surface area contributed by atoms with Crippen molar-refractivity contribution in [3.63, 3.8) is 0 Å². The van der Waals surface area contributed by atoms with Crippen molar-refractivity contribution in [2.24, 2.45) is 0 Å². The van der Waals surface area contributed by atoms with Gasteiger partial charge >= 0.3 is 0 Å². The van der Waals surface area contributed by atoms with Gasteiger partial charge in [0.25, 0.3) is 5.69 Å². The first-order valence-corrected chi connectivity index (χ1v) is 7.50. The largest absolute Gasteiger partial charge is 0.493 e. The highest BCUT2D eigenvalue weighted by Crippen LogP contribution is 2.32. The molecule has 0 saturated heterocycles. The molecule has 0 fully saturated rings. The topological polar surface area (TPSA) is 78.7 Å². The number of nitro groups is 1. The summed E-state index contributed by atoms with van der Waals surface area (Å²) in [6.45, 7) is 1.59. The minimum atomic E-state index is -0.813. The Morgan fingerprint density at radius 1 is 1.17 bits per heavy atom. The molecule has 2 aromatic carbocycles. The molecule has 2 rings (SSSR count). The number of ketones is 1. The molecule has 0 bridgehead atoms. The molecule has 0 aliphatic heterocycles. The number of methoxy groups -OCH3 is 1. The molecule has 120 valence electrons. The van der Waals surface area contributed by atoms with Gasteiger partial charge in [0.15, 0.2) is 17.6 Å². The van der Waals surface area contributed by atoms with Gasteiger partial charge in [-0.15, -0.1) is 0 Å². The number of benzene rings is 2. The van der Waals surface area contributed by atoms with Gasteiger partial charge < -0.3 is 9.47 Å². The van der Waals surface area contributed by atoms with Crippen LogP contribution in [0.1, 0.15) is 17.3 Å². The minimum Gasteiger partial charge on any atom is -0.493 e. The first-order chi connectivity index (χ1) is 10.9. The summed E-state index contributed by atoms with van der Waals surface area (Å²) in [6, 6.07) is 10.9. The molecule has 0 spiro atoms. The third-order valence-corrected chi connectivity index (χ3v) is 3.69. The molecule has 1 atom stereocenters. The fourth-order valence-corrected chi connectivity index (χ4v) is 2.23. The van der Waals surface area contributed by atoms with E-state index >= 15 is 0 Å². The molecule has 0 saturated carbocycles. The van der Waals surface area contributed by atoms with E-state index in [0.29, 0.717) is 11.3 Å². The number of nitro benzene ring substituents is 1. The zero-order chi connectivity index (χ0) is 17.0. The van der Waals surface area contributed by atoms with E-state index in [0.717, 1.165) is 4.47 Å². The highest BCUT2D eigenvalue weighted by molar-refractivity contribution is 9.10. The number of hydrogen-bond acceptors (Lipinski definition) is 5. The van der Waals surface area contributed by atoms with Gasteiger partial charge in [-0.1, -0.05) is 28.1 Å². The summed E-state index contributed by atoms with van der Waals surface area (Å²) >= 11 is 3.30. The third-order valence-electron chi connectivity index (χ3n) is 3.16. The average molecular weight is 380 g/mol. The normalized spacial score (nSPS) is 11.6. The first kappa shape index (κ1) is 17.0. The number of rotatable bonds is 6. The van der Waals surface area contributed by atoms with E-state index in [1.54, 1.807) is 31.2 Å². The monoisotopic (exact) mass is 379 g/mol. The number of Topliss-reactive ketones (excluding diaryl/α,β-unsaturated/α-hetero) is 1. The molecule has 0 N–H and O–H groups in total. The maximum atomic E-state index is 12.4. The average Bonchev–Trinajstić information content (AvgIpc) is 2.54.